The number of aliphatic imine (C=N–C) groups is 1. The number of imidazole rings is 1. The molecule has 106 valence electrons. The summed E-state index contributed by atoms with van der Waals surface area (Å²) >= 11 is 5.59. The van der Waals surface area contributed by atoms with E-state index >= 15 is 0 Å². The predicted octanol–water partition coefficient (Wildman–Crippen LogP) is 2.65. The van der Waals surface area contributed by atoms with Crippen molar-refractivity contribution in [2.45, 2.75) is 19.4 Å². The smallest absolute Gasteiger partial charge is 0.330 e. The molecule has 0 aliphatic carbocycles. The summed E-state index contributed by atoms with van der Waals surface area (Å²) in [5.41, 5.74) is 0.528. The first-order chi connectivity index (χ1) is 9.72. The number of nitrogens with one attached hydrogen (secondary N) is 1. The highest BCUT2D eigenvalue weighted by Crippen LogP contribution is 2.21. The molecule has 2 rings (SSSR count). The molecule has 0 saturated carbocycles. The number of rotatable bonds is 6. The number of hydrogen-bond donors (Lipinski definition) is 2. The summed E-state index contributed by atoms with van der Waals surface area (Å²) in [5.74, 6) is 0.570. The van der Waals surface area contributed by atoms with Crippen molar-refractivity contribution in [3.63, 3.8) is 0 Å². The number of benzene rings is 1. The highest BCUT2D eigenvalue weighted by atomic mass is 35.5. The van der Waals surface area contributed by atoms with Gasteiger partial charge in [-0.2, -0.15) is 0 Å². The number of halogens is 1. The quantitative estimate of drug-likeness (QED) is 0.488. The van der Waals surface area contributed by atoms with Crippen LogP contribution in [0.2, 0.25) is 0 Å². The van der Waals surface area contributed by atoms with E-state index in [0.717, 1.165) is 18.4 Å². The molecule has 0 radical (unpaired) electrons. The maximum atomic E-state index is 11.7. The van der Waals surface area contributed by atoms with E-state index in [9.17, 15) is 9.90 Å². The van der Waals surface area contributed by atoms with Gasteiger partial charge in [0.15, 0.2) is 5.82 Å². The monoisotopic (exact) mass is 293 g/mol. The van der Waals surface area contributed by atoms with Gasteiger partial charge in [0.25, 0.3) is 0 Å². The minimum atomic E-state index is -0.364. The van der Waals surface area contributed by atoms with E-state index in [2.05, 4.69) is 9.98 Å². The van der Waals surface area contributed by atoms with Gasteiger partial charge in [-0.25, -0.2) is 9.79 Å². The minimum Gasteiger partial charge on any atom is -0.492 e. The maximum Gasteiger partial charge on any atom is 0.330 e. The number of hydrogen-bond acceptors (Lipinski definition) is 3. The lowest BCUT2D eigenvalue weighted by Crippen LogP contribution is -2.16. The second-order valence-electron chi connectivity index (χ2n) is 4.32. The molecule has 0 spiro atoms. The molecule has 0 fully saturated rings. The summed E-state index contributed by atoms with van der Waals surface area (Å²) in [5, 5.41) is 9.97. The molecule has 0 aliphatic rings. The molecule has 2 N–H and O–H groups in total. The predicted molar refractivity (Wildman–Crippen MR) is 80.4 cm³/mol. The lowest BCUT2D eigenvalue weighted by molar-refractivity contribution is 0.410. The Hall–Kier alpha value is -2.01. The first-order valence-corrected chi connectivity index (χ1v) is 6.92. The minimum absolute atomic E-state index is 0.142. The van der Waals surface area contributed by atoms with Gasteiger partial charge in [-0.3, -0.25) is 9.55 Å². The second-order valence-corrected chi connectivity index (χ2v) is 4.70. The summed E-state index contributed by atoms with van der Waals surface area (Å²) in [6.07, 6.45) is 3.12. The van der Waals surface area contributed by atoms with E-state index < -0.39 is 0 Å². The SMILES string of the molecule is O=c1[nH]c(N=Cc2ccccc2)c(O)n1CCCCCl. The van der Waals surface area contributed by atoms with Gasteiger partial charge in [-0.05, 0) is 18.4 Å². The first kappa shape index (κ1) is 14.4. The number of aromatic nitrogens is 2. The summed E-state index contributed by atoms with van der Waals surface area (Å²) in [7, 11) is 0. The Morgan fingerprint density at radius 3 is 2.75 bits per heavy atom. The van der Waals surface area contributed by atoms with Crippen LogP contribution in [0.1, 0.15) is 18.4 Å². The number of aromatic hydroxyl groups is 1. The number of H-pyrrole nitrogens is 1. The third-order valence-electron chi connectivity index (χ3n) is 2.85. The number of alkyl halides is 1. The summed E-state index contributed by atoms with van der Waals surface area (Å²) in [4.78, 5) is 18.4. The van der Waals surface area contributed by atoms with Crippen LogP contribution in [0.4, 0.5) is 5.82 Å². The van der Waals surface area contributed by atoms with Crippen LogP contribution in [-0.4, -0.2) is 26.8 Å². The molecule has 0 atom stereocenters. The second kappa shape index (κ2) is 6.96. The fourth-order valence-corrected chi connectivity index (χ4v) is 1.98. The van der Waals surface area contributed by atoms with Gasteiger partial charge in [0.2, 0.25) is 5.88 Å². The Labute approximate surface area is 121 Å². The molecule has 0 bridgehead atoms. The van der Waals surface area contributed by atoms with Crippen molar-refractivity contribution in [2.75, 3.05) is 5.88 Å². The van der Waals surface area contributed by atoms with Crippen LogP contribution in [0, 0.1) is 0 Å². The molecule has 0 amide bonds. The molecule has 0 unspecified atom stereocenters. The molecular formula is C14H16ClN3O2. The number of nitrogens with zero attached hydrogens (tertiary/aromatic N) is 2. The van der Waals surface area contributed by atoms with Crippen LogP contribution in [0.3, 0.4) is 0 Å². The zero-order valence-electron chi connectivity index (χ0n) is 10.9. The molecule has 6 heteroatoms. The topological polar surface area (TPSA) is 70.4 Å². The highest BCUT2D eigenvalue weighted by Gasteiger charge is 2.11. The Morgan fingerprint density at radius 1 is 1.30 bits per heavy atom. The van der Waals surface area contributed by atoms with E-state index in [-0.39, 0.29) is 17.4 Å². The molecule has 1 aromatic heterocycles. The highest BCUT2D eigenvalue weighted by molar-refractivity contribution is 6.17. The van der Waals surface area contributed by atoms with Crippen LogP contribution in [0.15, 0.2) is 40.1 Å². The van der Waals surface area contributed by atoms with Crippen LogP contribution < -0.4 is 5.69 Å². The molecule has 1 aromatic carbocycles. The third kappa shape index (κ3) is 3.51. The van der Waals surface area contributed by atoms with Crippen molar-refractivity contribution < 1.29 is 5.11 Å². The molecular weight excluding hydrogens is 278 g/mol. The molecule has 0 saturated heterocycles. The maximum absolute atomic E-state index is 11.7. The van der Waals surface area contributed by atoms with Crippen molar-refractivity contribution in [1.82, 2.24) is 9.55 Å². The Balaban J connectivity index is 2.15. The lowest BCUT2D eigenvalue weighted by Gasteiger charge is -2.01. The van der Waals surface area contributed by atoms with Gasteiger partial charge in [-0.15, -0.1) is 11.6 Å². The average Bonchev–Trinajstić information content (AvgIpc) is 2.74. The lowest BCUT2D eigenvalue weighted by atomic mass is 10.2. The fourth-order valence-electron chi connectivity index (χ4n) is 1.79. The van der Waals surface area contributed by atoms with Crippen molar-refractivity contribution in [3.05, 3.63) is 46.4 Å². The van der Waals surface area contributed by atoms with E-state index in [4.69, 9.17) is 11.6 Å². The van der Waals surface area contributed by atoms with Gasteiger partial charge < -0.3 is 5.11 Å². The zero-order chi connectivity index (χ0) is 14.4. The van der Waals surface area contributed by atoms with Crippen LogP contribution >= 0.6 is 11.6 Å². The Kier molecular flexibility index (Phi) is 5.01. The molecule has 0 aliphatic heterocycles. The molecule has 5 nitrogen and oxygen atoms in total. The molecule has 1 heterocycles. The van der Waals surface area contributed by atoms with Gasteiger partial charge in [0.1, 0.15) is 0 Å². The van der Waals surface area contributed by atoms with Crippen molar-refractivity contribution >= 4 is 23.6 Å². The molecule has 2 aromatic rings. The summed E-state index contributed by atoms with van der Waals surface area (Å²) in [6.45, 7) is 0.425. The van der Waals surface area contributed by atoms with Gasteiger partial charge in [0, 0.05) is 18.6 Å². The third-order valence-corrected chi connectivity index (χ3v) is 3.11. The normalized spacial score (nSPS) is 11.2. The number of unbranched alkanes of at least 4 members (excludes halogenated alkanes) is 1. The first-order valence-electron chi connectivity index (χ1n) is 6.39. The average molecular weight is 294 g/mol. The van der Waals surface area contributed by atoms with E-state index in [0.29, 0.717) is 12.4 Å². The van der Waals surface area contributed by atoms with Gasteiger partial charge in [-0.1, -0.05) is 30.3 Å². The fraction of sp³-hybridized carbons (Fsp3) is 0.286. The summed E-state index contributed by atoms with van der Waals surface area (Å²) < 4.78 is 1.27. The Morgan fingerprint density at radius 2 is 2.05 bits per heavy atom. The van der Waals surface area contributed by atoms with Gasteiger partial charge in [0.05, 0.1) is 0 Å². The summed E-state index contributed by atoms with van der Waals surface area (Å²) in [6, 6.07) is 9.46. The van der Waals surface area contributed by atoms with Crippen molar-refractivity contribution in [2.24, 2.45) is 4.99 Å². The molecule has 20 heavy (non-hydrogen) atoms. The van der Waals surface area contributed by atoms with Crippen LogP contribution in [-0.2, 0) is 6.54 Å². The van der Waals surface area contributed by atoms with E-state index in [1.54, 1.807) is 6.21 Å². The van der Waals surface area contributed by atoms with Crippen molar-refractivity contribution in [3.8, 4) is 5.88 Å². The number of aromatic amines is 1. The largest absolute Gasteiger partial charge is 0.492 e. The zero-order valence-corrected chi connectivity index (χ0v) is 11.7. The van der Waals surface area contributed by atoms with Crippen molar-refractivity contribution in [1.29, 1.82) is 0 Å². The Bertz CT molecular complexity index is 632. The van der Waals surface area contributed by atoms with Crippen LogP contribution in [0.25, 0.3) is 0 Å². The standard InChI is InChI=1S/C14H16ClN3O2/c15-8-4-5-9-18-13(19)12(17-14(18)20)16-10-11-6-2-1-3-7-11/h1-3,6-7,10,19H,4-5,8-9H2,(H,17,20). The van der Waals surface area contributed by atoms with E-state index in [1.165, 1.54) is 4.57 Å². The van der Waals surface area contributed by atoms with Crippen LogP contribution in [0.5, 0.6) is 5.88 Å². The van der Waals surface area contributed by atoms with Gasteiger partial charge >= 0.3 is 5.69 Å². The van der Waals surface area contributed by atoms with E-state index in [1.807, 2.05) is 30.3 Å².